The van der Waals surface area contributed by atoms with Crippen LogP contribution in [-0.2, 0) is 16.0 Å². The van der Waals surface area contributed by atoms with Gasteiger partial charge in [-0.1, -0.05) is 36.4 Å². The molecule has 0 bridgehead atoms. The Morgan fingerprint density at radius 2 is 1.75 bits per heavy atom. The molecule has 0 saturated carbocycles. The van der Waals surface area contributed by atoms with E-state index >= 15 is 0 Å². The van der Waals surface area contributed by atoms with Gasteiger partial charge in [0.2, 0.25) is 0 Å². The van der Waals surface area contributed by atoms with Crippen molar-refractivity contribution in [3.63, 3.8) is 0 Å². The summed E-state index contributed by atoms with van der Waals surface area (Å²) in [6.07, 6.45) is 2.67. The van der Waals surface area contributed by atoms with Gasteiger partial charge in [-0.05, 0) is 12.5 Å². The summed E-state index contributed by atoms with van der Waals surface area (Å²) < 4.78 is 0. The van der Waals surface area contributed by atoms with Gasteiger partial charge in [0.1, 0.15) is 0 Å². The summed E-state index contributed by atoms with van der Waals surface area (Å²) in [5.41, 5.74) is 0.843. The molecular formula is C12H14O4. The molecule has 0 fully saturated rings. The Morgan fingerprint density at radius 3 is 2.06 bits per heavy atom. The van der Waals surface area contributed by atoms with Gasteiger partial charge in [0.05, 0.1) is 6.42 Å². The van der Waals surface area contributed by atoms with Gasteiger partial charge < -0.3 is 10.2 Å². The monoisotopic (exact) mass is 222 g/mol. The van der Waals surface area contributed by atoms with E-state index in [2.05, 4.69) is 0 Å². The highest BCUT2D eigenvalue weighted by atomic mass is 16.4. The van der Waals surface area contributed by atoms with Gasteiger partial charge >= 0.3 is 11.9 Å². The van der Waals surface area contributed by atoms with Crippen LogP contribution in [0, 0.1) is 0 Å². The van der Waals surface area contributed by atoms with E-state index in [1.54, 1.807) is 19.1 Å². The average Bonchev–Trinajstić information content (AvgIpc) is 2.18. The zero-order valence-electron chi connectivity index (χ0n) is 8.96. The fourth-order valence-corrected chi connectivity index (χ4v) is 0.913. The number of hydrogen-bond donors (Lipinski definition) is 2. The van der Waals surface area contributed by atoms with Crippen molar-refractivity contribution >= 4 is 11.9 Å². The van der Waals surface area contributed by atoms with Gasteiger partial charge in [-0.25, -0.2) is 4.79 Å². The summed E-state index contributed by atoms with van der Waals surface area (Å²) in [7, 11) is 0. The van der Waals surface area contributed by atoms with E-state index < -0.39 is 11.9 Å². The predicted octanol–water partition coefficient (Wildman–Crippen LogP) is 1.96. The molecule has 2 N–H and O–H groups in total. The van der Waals surface area contributed by atoms with Crippen molar-refractivity contribution < 1.29 is 19.8 Å². The third-order valence-electron chi connectivity index (χ3n) is 1.51. The Bertz CT molecular complexity index is 355. The molecule has 0 atom stereocenters. The summed E-state index contributed by atoms with van der Waals surface area (Å²) in [6, 6.07) is 9.13. The highest BCUT2D eigenvalue weighted by Gasteiger charge is 1.96. The SMILES string of the molecule is C/C=C/C(=O)O.O=C(O)Cc1ccccc1. The first kappa shape index (κ1) is 13.9. The molecule has 1 aromatic rings. The van der Waals surface area contributed by atoms with Crippen LogP contribution >= 0.6 is 0 Å². The molecule has 0 saturated heterocycles. The third-order valence-corrected chi connectivity index (χ3v) is 1.51. The molecule has 16 heavy (non-hydrogen) atoms. The van der Waals surface area contributed by atoms with Crippen LogP contribution in [0.3, 0.4) is 0 Å². The van der Waals surface area contributed by atoms with Crippen molar-refractivity contribution in [1.82, 2.24) is 0 Å². The van der Waals surface area contributed by atoms with Gasteiger partial charge in [-0.3, -0.25) is 4.79 Å². The van der Waals surface area contributed by atoms with Crippen molar-refractivity contribution in [1.29, 1.82) is 0 Å². The van der Waals surface area contributed by atoms with Crippen LogP contribution in [0.15, 0.2) is 42.5 Å². The molecule has 0 unspecified atom stereocenters. The molecule has 4 heteroatoms. The number of carboxylic acid groups (broad SMARTS) is 2. The van der Waals surface area contributed by atoms with E-state index in [9.17, 15) is 9.59 Å². The van der Waals surface area contributed by atoms with E-state index in [0.29, 0.717) is 0 Å². The molecule has 4 nitrogen and oxygen atoms in total. The summed E-state index contributed by atoms with van der Waals surface area (Å²) in [6.45, 7) is 1.66. The summed E-state index contributed by atoms with van der Waals surface area (Å²) in [4.78, 5) is 19.7. The summed E-state index contributed by atoms with van der Waals surface area (Å²) in [5, 5.41) is 16.2. The predicted molar refractivity (Wildman–Crippen MR) is 60.2 cm³/mol. The van der Waals surface area contributed by atoms with E-state index in [-0.39, 0.29) is 6.42 Å². The second-order valence-electron chi connectivity index (χ2n) is 2.89. The first-order valence-electron chi connectivity index (χ1n) is 4.67. The Hall–Kier alpha value is -2.10. The highest BCUT2D eigenvalue weighted by molar-refractivity contribution is 5.79. The lowest BCUT2D eigenvalue weighted by molar-refractivity contribution is -0.136. The molecule has 0 spiro atoms. The number of aliphatic carboxylic acids is 2. The van der Waals surface area contributed by atoms with Gasteiger partial charge in [-0.2, -0.15) is 0 Å². The maximum atomic E-state index is 10.2. The lowest BCUT2D eigenvalue weighted by Crippen LogP contribution is -1.98. The molecule has 0 aromatic heterocycles. The van der Waals surface area contributed by atoms with Crippen LogP contribution in [-0.4, -0.2) is 22.2 Å². The quantitative estimate of drug-likeness (QED) is 0.766. The lowest BCUT2D eigenvalue weighted by Gasteiger charge is -1.92. The average molecular weight is 222 g/mol. The van der Waals surface area contributed by atoms with Gasteiger partial charge in [0.25, 0.3) is 0 Å². The normalized spacial score (nSPS) is 9.31. The van der Waals surface area contributed by atoms with Gasteiger partial charge in [0, 0.05) is 6.08 Å². The topological polar surface area (TPSA) is 74.6 Å². The second-order valence-corrected chi connectivity index (χ2v) is 2.89. The number of benzene rings is 1. The number of allylic oxidation sites excluding steroid dienone is 1. The van der Waals surface area contributed by atoms with Crippen LogP contribution < -0.4 is 0 Å². The smallest absolute Gasteiger partial charge is 0.327 e. The van der Waals surface area contributed by atoms with Crippen LogP contribution in [0.1, 0.15) is 12.5 Å². The summed E-state index contributed by atoms with van der Waals surface area (Å²) in [5.74, 6) is -1.68. The lowest BCUT2D eigenvalue weighted by atomic mass is 10.2. The van der Waals surface area contributed by atoms with Crippen molar-refractivity contribution in [3.05, 3.63) is 48.0 Å². The zero-order chi connectivity index (χ0) is 12.4. The standard InChI is InChI=1S/C8H8O2.C4H6O2/c9-8(10)6-7-4-2-1-3-5-7;1-2-3-4(5)6/h1-5H,6H2,(H,9,10);2-3H,1H3,(H,5,6)/b;3-2+. The maximum Gasteiger partial charge on any atom is 0.327 e. The molecule has 86 valence electrons. The van der Waals surface area contributed by atoms with E-state index in [1.165, 1.54) is 6.08 Å². The molecule has 0 heterocycles. The Morgan fingerprint density at radius 1 is 1.19 bits per heavy atom. The molecule has 0 amide bonds. The van der Waals surface area contributed by atoms with Crippen LogP contribution in [0.2, 0.25) is 0 Å². The number of carbonyl (C=O) groups is 2. The van der Waals surface area contributed by atoms with E-state index in [1.807, 2.05) is 18.2 Å². The minimum atomic E-state index is -0.891. The van der Waals surface area contributed by atoms with Crippen LogP contribution in [0.4, 0.5) is 0 Å². The zero-order valence-corrected chi connectivity index (χ0v) is 8.96. The first-order valence-corrected chi connectivity index (χ1v) is 4.67. The van der Waals surface area contributed by atoms with Crippen molar-refractivity contribution in [2.75, 3.05) is 0 Å². The Balaban J connectivity index is 0.000000325. The fourth-order valence-electron chi connectivity index (χ4n) is 0.913. The minimum absolute atomic E-state index is 0.112. The number of hydrogen-bond acceptors (Lipinski definition) is 2. The number of rotatable bonds is 3. The molecule has 0 aliphatic heterocycles. The Kier molecular flexibility index (Phi) is 7.15. The molecular weight excluding hydrogens is 208 g/mol. The molecule has 1 rings (SSSR count). The summed E-state index contributed by atoms with van der Waals surface area (Å²) >= 11 is 0. The molecule has 1 aromatic carbocycles. The van der Waals surface area contributed by atoms with Crippen LogP contribution in [0.25, 0.3) is 0 Å². The maximum absolute atomic E-state index is 10.2. The second kappa shape index (κ2) is 8.23. The van der Waals surface area contributed by atoms with Crippen molar-refractivity contribution in [3.8, 4) is 0 Å². The molecule has 0 radical (unpaired) electrons. The first-order chi connectivity index (χ1) is 7.56. The number of carboxylic acids is 2. The van der Waals surface area contributed by atoms with E-state index in [0.717, 1.165) is 11.6 Å². The van der Waals surface area contributed by atoms with Crippen LogP contribution in [0.5, 0.6) is 0 Å². The van der Waals surface area contributed by atoms with Gasteiger partial charge in [-0.15, -0.1) is 0 Å². The van der Waals surface area contributed by atoms with Gasteiger partial charge in [0.15, 0.2) is 0 Å². The minimum Gasteiger partial charge on any atom is -0.481 e. The highest BCUT2D eigenvalue weighted by Crippen LogP contribution is 1.98. The largest absolute Gasteiger partial charge is 0.481 e. The third kappa shape index (κ3) is 8.50. The van der Waals surface area contributed by atoms with E-state index in [4.69, 9.17) is 10.2 Å². The fraction of sp³-hybridized carbons (Fsp3) is 0.167. The van der Waals surface area contributed by atoms with Crippen molar-refractivity contribution in [2.24, 2.45) is 0 Å². The Labute approximate surface area is 93.8 Å². The van der Waals surface area contributed by atoms with Crippen molar-refractivity contribution in [2.45, 2.75) is 13.3 Å². The molecule has 0 aliphatic rings. The molecule has 0 aliphatic carbocycles.